The van der Waals surface area contributed by atoms with Crippen LogP contribution in [0.25, 0.3) is 0 Å². The molecule has 4 rings (SSSR count). The molecular weight excluding hydrogens is 396 g/mol. The number of rotatable bonds is 9. The van der Waals surface area contributed by atoms with E-state index in [-0.39, 0.29) is 5.92 Å². The summed E-state index contributed by atoms with van der Waals surface area (Å²) < 4.78 is 7.11. The summed E-state index contributed by atoms with van der Waals surface area (Å²) in [5, 5.41) is 12.0. The van der Waals surface area contributed by atoms with Gasteiger partial charge in [0.15, 0.2) is 11.4 Å². The van der Waals surface area contributed by atoms with E-state index < -0.39 is 5.60 Å². The van der Waals surface area contributed by atoms with E-state index in [1.165, 1.54) is 12.0 Å². The van der Waals surface area contributed by atoms with Crippen molar-refractivity contribution in [3.8, 4) is 0 Å². The maximum atomic E-state index is 12.0. The summed E-state index contributed by atoms with van der Waals surface area (Å²) in [5.74, 6) is 1.43. The van der Waals surface area contributed by atoms with Crippen LogP contribution >= 0.6 is 0 Å². The lowest BCUT2D eigenvalue weighted by atomic mass is 9.73. The second kappa shape index (κ2) is 10.0. The van der Waals surface area contributed by atoms with E-state index >= 15 is 0 Å². The molecule has 1 aliphatic carbocycles. The van der Waals surface area contributed by atoms with Crippen molar-refractivity contribution in [3.63, 3.8) is 0 Å². The molecule has 0 radical (unpaired) electrons. The summed E-state index contributed by atoms with van der Waals surface area (Å²) in [4.78, 5) is 4.63. The Bertz CT molecular complexity index is 961. The minimum Gasteiger partial charge on any atom is -0.436 e. The van der Waals surface area contributed by atoms with Crippen LogP contribution in [0.5, 0.6) is 0 Å². The number of aryl methyl sites for hydroxylation is 1. The molecule has 32 heavy (non-hydrogen) atoms. The first kappa shape index (κ1) is 22.8. The SMILES string of the molecule is C[N+](C)(CCCc1ccccc1)Cc1cnc(C(O)(c2ccccc2)C2CCCCC2)o1. The highest BCUT2D eigenvalue weighted by atomic mass is 16.4. The summed E-state index contributed by atoms with van der Waals surface area (Å²) in [6.07, 6.45) is 9.58. The number of nitrogens with zero attached hydrogens (tertiary/aromatic N) is 2. The summed E-state index contributed by atoms with van der Waals surface area (Å²) in [6.45, 7) is 1.81. The lowest BCUT2D eigenvalue weighted by Crippen LogP contribution is -2.39. The number of hydrogen-bond donors (Lipinski definition) is 1. The minimum absolute atomic E-state index is 0.138. The van der Waals surface area contributed by atoms with Crippen molar-refractivity contribution in [2.45, 2.75) is 57.1 Å². The lowest BCUT2D eigenvalue weighted by molar-refractivity contribution is -0.904. The molecule has 2 aromatic carbocycles. The summed E-state index contributed by atoms with van der Waals surface area (Å²) >= 11 is 0. The summed E-state index contributed by atoms with van der Waals surface area (Å²) in [7, 11) is 4.47. The van der Waals surface area contributed by atoms with Crippen molar-refractivity contribution < 1.29 is 14.0 Å². The number of aromatic nitrogens is 1. The zero-order valence-corrected chi connectivity index (χ0v) is 19.5. The van der Waals surface area contributed by atoms with Crippen LogP contribution in [0.2, 0.25) is 0 Å². The average Bonchev–Trinajstić information content (AvgIpc) is 3.28. The van der Waals surface area contributed by atoms with Gasteiger partial charge in [-0.05, 0) is 30.4 Å². The Hall–Kier alpha value is -2.43. The Morgan fingerprint density at radius 1 is 0.969 bits per heavy atom. The predicted octanol–water partition coefficient (Wildman–Crippen LogP) is 5.70. The third-order valence-electron chi connectivity index (χ3n) is 6.95. The average molecular weight is 434 g/mol. The molecule has 0 amide bonds. The molecule has 1 unspecified atom stereocenters. The predicted molar refractivity (Wildman–Crippen MR) is 128 cm³/mol. The van der Waals surface area contributed by atoms with E-state index in [0.717, 1.165) is 67.4 Å². The first-order chi connectivity index (χ1) is 15.5. The van der Waals surface area contributed by atoms with Gasteiger partial charge in [-0.25, -0.2) is 4.98 Å². The molecule has 4 nitrogen and oxygen atoms in total. The van der Waals surface area contributed by atoms with Crippen molar-refractivity contribution in [1.82, 2.24) is 4.98 Å². The van der Waals surface area contributed by atoms with Crippen LogP contribution in [-0.4, -0.2) is 35.2 Å². The highest BCUT2D eigenvalue weighted by Gasteiger charge is 2.44. The highest BCUT2D eigenvalue weighted by molar-refractivity contribution is 5.30. The van der Waals surface area contributed by atoms with Gasteiger partial charge < -0.3 is 14.0 Å². The first-order valence-corrected chi connectivity index (χ1v) is 12.1. The summed E-state index contributed by atoms with van der Waals surface area (Å²) in [6, 6.07) is 20.6. The van der Waals surface area contributed by atoms with Crippen molar-refractivity contribution in [1.29, 1.82) is 0 Å². The van der Waals surface area contributed by atoms with Crippen LogP contribution in [0.15, 0.2) is 71.3 Å². The lowest BCUT2D eigenvalue weighted by Gasteiger charge is -2.36. The van der Waals surface area contributed by atoms with Crippen LogP contribution in [0.4, 0.5) is 0 Å². The molecule has 4 heteroatoms. The number of hydrogen-bond acceptors (Lipinski definition) is 3. The van der Waals surface area contributed by atoms with Gasteiger partial charge in [0.2, 0.25) is 5.89 Å². The van der Waals surface area contributed by atoms with Crippen LogP contribution in [-0.2, 0) is 18.6 Å². The maximum Gasteiger partial charge on any atom is 0.231 e. The van der Waals surface area contributed by atoms with E-state index in [0.29, 0.717) is 5.89 Å². The highest BCUT2D eigenvalue weighted by Crippen LogP contribution is 2.43. The van der Waals surface area contributed by atoms with E-state index in [1.807, 2.05) is 36.5 Å². The Morgan fingerprint density at radius 3 is 2.31 bits per heavy atom. The number of aliphatic hydroxyl groups is 1. The molecule has 1 saturated carbocycles. The second-order valence-corrected chi connectivity index (χ2v) is 10.0. The fourth-order valence-corrected chi connectivity index (χ4v) is 5.16. The fraction of sp³-hybridized carbons (Fsp3) is 0.464. The Labute approximate surface area is 192 Å². The number of benzene rings is 2. The zero-order valence-electron chi connectivity index (χ0n) is 19.5. The van der Waals surface area contributed by atoms with Gasteiger partial charge in [0.1, 0.15) is 6.54 Å². The quantitative estimate of drug-likeness (QED) is 0.440. The molecule has 3 aromatic rings. The molecule has 1 aromatic heterocycles. The Balaban J connectivity index is 1.47. The van der Waals surface area contributed by atoms with Crippen molar-refractivity contribution in [3.05, 3.63) is 89.6 Å². The molecule has 170 valence electrons. The smallest absolute Gasteiger partial charge is 0.231 e. The summed E-state index contributed by atoms with van der Waals surface area (Å²) in [5.41, 5.74) is 1.11. The Kier molecular flexibility index (Phi) is 7.12. The van der Waals surface area contributed by atoms with Gasteiger partial charge in [0.25, 0.3) is 0 Å². The third-order valence-corrected chi connectivity index (χ3v) is 6.95. The minimum atomic E-state index is -1.16. The zero-order chi connectivity index (χ0) is 22.4. The van der Waals surface area contributed by atoms with E-state index in [4.69, 9.17) is 4.42 Å². The normalized spacial score (nSPS) is 17.2. The molecule has 1 N–H and O–H groups in total. The molecular formula is C28H37N2O2+. The molecule has 1 heterocycles. The van der Waals surface area contributed by atoms with Crippen LogP contribution < -0.4 is 0 Å². The van der Waals surface area contributed by atoms with Crippen molar-refractivity contribution in [2.24, 2.45) is 5.92 Å². The molecule has 1 fully saturated rings. The molecule has 1 atom stereocenters. The standard InChI is InChI=1S/C28H37N2O2/c1-30(2,20-12-15-23-13-6-3-7-14-23)22-26-21-29-27(32-26)28(31,24-16-8-4-9-17-24)25-18-10-5-11-19-25/h3-4,6-9,13-14,16-17,21,25,31H,5,10-12,15,18-20,22H2,1-2H3/q+1. The van der Waals surface area contributed by atoms with Crippen LogP contribution in [0, 0.1) is 5.92 Å². The monoisotopic (exact) mass is 433 g/mol. The molecule has 1 aliphatic rings. The van der Waals surface area contributed by atoms with E-state index in [2.05, 4.69) is 49.4 Å². The van der Waals surface area contributed by atoms with Gasteiger partial charge in [-0.15, -0.1) is 0 Å². The number of oxazole rings is 1. The van der Waals surface area contributed by atoms with Gasteiger partial charge in [0.05, 0.1) is 26.8 Å². The fourth-order valence-electron chi connectivity index (χ4n) is 5.16. The maximum absolute atomic E-state index is 12.0. The van der Waals surface area contributed by atoms with Crippen LogP contribution in [0.1, 0.15) is 61.3 Å². The first-order valence-electron chi connectivity index (χ1n) is 12.1. The number of quaternary nitrogens is 1. The third kappa shape index (κ3) is 5.31. The van der Waals surface area contributed by atoms with Crippen molar-refractivity contribution >= 4 is 0 Å². The molecule has 0 aliphatic heterocycles. The van der Waals surface area contributed by atoms with Gasteiger partial charge in [-0.2, -0.15) is 0 Å². The second-order valence-electron chi connectivity index (χ2n) is 10.0. The molecule has 0 saturated heterocycles. The van der Waals surface area contributed by atoms with Gasteiger partial charge in [-0.1, -0.05) is 79.9 Å². The van der Waals surface area contributed by atoms with E-state index in [9.17, 15) is 5.11 Å². The van der Waals surface area contributed by atoms with Gasteiger partial charge in [-0.3, -0.25) is 0 Å². The van der Waals surface area contributed by atoms with Crippen LogP contribution in [0.3, 0.4) is 0 Å². The molecule has 0 spiro atoms. The Morgan fingerprint density at radius 2 is 1.62 bits per heavy atom. The topological polar surface area (TPSA) is 46.3 Å². The van der Waals surface area contributed by atoms with Gasteiger partial charge in [0, 0.05) is 12.3 Å². The van der Waals surface area contributed by atoms with E-state index in [1.54, 1.807) is 0 Å². The largest absolute Gasteiger partial charge is 0.436 e. The van der Waals surface area contributed by atoms with Gasteiger partial charge >= 0.3 is 0 Å². The molecule has 0 bridgehead atoms. The van der Waals surface area contributed by atoms with Crippen molar-refractivity contribution in [2.75, 3.05) is 20.6 Å².